The molecular formula is C3Gd2O9. The summed E-state index contributed by atoms with van der Waals surface area (Å²) in [5.74, 6) is 0. The van der Waals surface area contributed by atoms with E-state index in [1.165, 1.54) is 0 Å². The van der Waals surface area contributed by atoms with Crippen molar-refractivity contribution >= 4 is 18.5 Å². The largest absolute Gasteiger partial charge is 3.00 e. The van der Waals surface area contributed by atoms with Crippen molar-refractivity contribution in [1.29, 1.82) is 0 Å². The SMILES string of the molecule is O=C([O-])[O-].O=C([O-])[O-].O=C([O-])[O-].[Gd+3].[Gd+3]. The van der Waals surface area contributed by atoms with Crippen molar-refractivity contribution in [2.45, 2.75) is 0 Å². The Hall–Kier alpha value is 0.459. The smallest absolute Gasteiger partial charge is 0.652 e. The maximum Gasteiger partial charge on any atom is 3.00 e. The van der Waals surface area contributed by atoms with E-state index in [1.54, 1.807) is 0 Å². The number of carboxylic acid groups (broad SMARTS) is 6. The quantitative estimate of drug-likeness (QED) is 0.315. The normalized spacial score (nSPS) is 5.14. The Labute approximate surface area is 141 Å². The van der Waals surface area contributed by atoms with Crippen LogP contribution in [0.2, 0.25) is 0 Å². The minimum atomic E-state index is -2.33. The number of hydrogen-bond donors (Lipinski definition) is 0. The van der Waals surface area contributed by atoms with E-state index in [9.17, 15) is 0 Å². The van der Waals surface area contributed by atoms with Crippen molar-refractivity contribution in [3.63, 3.8) is 0 Å². The van der Waals surface area contributed by atoms with E-state index in [0.717, 1.165) is 0 Å². The van der Waals surface area contributed by atoms with Crippen molar-refractivity contribution in [3.05, 3.63) is 0 Å². The maximum atomic E-state index is 8.33. The van der Waals surface area contributed by atoms with Crippen LogP contribution in [0.4, 0.5) is 14.4 Å². The molecule has 0 spiro atoms. The molecule has 0 fully saturated rings. The van der Waals surface area contributed by atoms with Gasteiger partial charge in [-0.25, -0.2) is 0 Å². The van der Waals surface area contributed by atoms with Gasteiger partial charge in [-0.2, -0.15) is 0 Å². The second-order valence-electron chi connectivity index (χ2n) is 0.750. The predicted molar refractivity (Wildman–Crippen MR) is 16.2 cm³/mol. The molecule has 0 N–H and O–H groups in total. The first-order chi connectivity index (χ1) is 5.20. The molecule has 0 aliphatic rings. The van der Waals surface area contributed by atoms with E-state index in [-0.39, 0.29) is 79.9 Å². The van der Waals surface area contributed by atoms with Gasteiger partial charge < -0.3 is 45.0 Å². The van der Waals surface area contributed by atoms with Crippen molar-refractivity contribution in [1.82, 2.24) is 0 Å². The van der Waals surface area contributed by atoms with Gasteiger partial charge in [0.15, 0.2) is 0 Å². The molecule has 0 aliphatic carbocycles. The second-order valence-corrected chi connectivity index (χ2v) is 0.750. The fraction of sp³-hybridized carbons (Fsp3) is 0. The molecule has 0 amide bonds. The molecule has 11 heteroatoms. The van der Waals surface area contributed by atoms with Gasteiger partial charge in [0.25, 0.3) is 0 Å². The van der Waals surface area contributed by atoms with Gasteiger partial charge in [0.05, 0.1) is 0 Å². The summed E-state index contributed by atoms with van der Waals surface area (Å²) in [6.07, 6.45) is -7.00. The molecule has 0 rings (SSSR count). The van der Waals surface area contributed by atoms with E-state index in [2.05, 4.69) is 0 Å². The third-order valence-electron chi connectivity index (χ3n) is 0. The monoisotopic (exact) mass is 496 g/mol. The van der Waals surface area contributed by atoms with Crippen LogP contribution < -0.4 is 30.6 Å². The van der Waals surface area contributed by atoms with Gasteiger partial charge >= 0.3 is 79.9 Å². The standard InChI is InChI=1S/3CH2O3.2Gd/c3*2-1(3)4;;/h3*(H2,2,3,4);;/q;;;2*+3/p-6. The Bertz CT molecular complexity index is 116. The predicted octanol–water partition coefficient (Wildman–Crippen LogP) is -7.34. The molecule has 0 bridgehead atoms. The number of carbonyl (C=O) groups excluding carboxylic acids is 3. The Balaban J connectivity index is -0.0000000270. The summed E-state index contributed by atoms with van der Waals surface area (Å²) < 4.78 is 0. The second kappa shape index (κ2) is 23.4. The zero-order valence-corrected chi connectivity index (χ0v) is 10.4. The van der Waals surface area contributed by atoms with Crippen molar-refractivity contribution in [2.75, 3.05) is 0 Å². The molecule has 82 valence electrons. The minimum absolute atomic E-state index is 0. The summed E-state index contributed by atoms with van der Waals surface area (Å²) in [6, 6.07) is 0. The number of carbonyl (C=O) groups is 3. The molecule has 0 saturated carbocycles. The first-order valence-electron chi connectivity index (χ1n) is 1.84. The summed E-state index contributed by atoms with van der Waals surface area (Å²) in [6.45, 7) is 0. The van der Waals surface area contributed by atoms with Gasteiger partial charge in [0, 0.05) is 0 Å². The first kappa shape index (κ1) is 29.3. The van der Waals surface area contributed by atoms with Crippen LogP contribution in [0.25, 0.3) is 0 Å². The van der Waals surface area contributed by atoms with Crippen LogP contribution in [0.1, 0.15) is 0 Å². The van der Waals surface area contributed by atoms with Gasteiger partial charge in [-0.15, -0.1) is 0 Å². The summed E-state index contributed by atoms with van der Waals surface area (Å²) >= 11 is 0. The molecule has 0 aromatic carbocycles. The van der Waals surface area contributed by atoms with Gasteiger partial charge in [0.1, 0.15) is 0 Å². The summed E-state index contributed by atoms with van der Waals surface area (Å²) in [4.78, 5) is 25.0. The fourth-order valence-electron chi connectivity index (χ4n) is 0. The third-order valence-corrected chi connectivity index (χ3v) is 0. The fourth-order valence-corrected chi connectivity index (χ4v) is 0. The van der Waals surface area contributed by atoms with Crippen molar-refractivity contribution in [3.8, 4) is 0 Å². The number of rotatable bonds is 0. The summed E-state index contributed by atoms with van der Waals surface area (Å²) in [7, 11) is 0. The Kier molecular flexibility index (Phi) is 48.8. The molecule has 0 aromatic rings. The Morgan fingerprint density at radius 2 is 0.500 bits per heavy atom. The van der Waals surface area contributed by atoms with E-state index in [4.69, 9.17) is 45.0 Å². The van der Waals surface area contributed by atoms with Crippen LogP contribution in [0, 0.1) is 79.9 Å². The molecule has 0 unspecified atom stereocenters. The van der Waals surface area contributed by atoms with Crippen LogP contribution >= 0.6 is 0 Å². The molecular weight excluding hydrogens is 495 g/mol. The summed E-state index contributed by atoms with van der Waals surface area (Å²) in [5.41, 5.74) is 0. The molecule has 14 heavy (non-hydrogen) atoms. The first-order valence-corrected chi connectivity index (χ1v) is 1.84. The van der Waals surface area contributed by atoms with Crippen LogP contribution in [0.5, 0.6) is 0 Å². The third kappa shape index (κ3) is 7750. The summed E-state index contributed by atoms with van der Waals surface area (Å²) in [5, 5.41) is 50.0. The molecule has 0 saturated heterocycles. The Morgan fingerprint density at radius 3 is 0.500 bits per heavy atom. The van der Waals surface area contributed by atoms with Gasteiger partial charge in [-0.05, 0) is 18.5 Å². The van der Waals surface area contributed by atoms with Crippen molar-refractivity contribution < 1.29 is 125 Å². The van der Waals surface area contributed by atoms with Crippen LogP contribution in [0.3, 0.4) is 0 Å². The molecule has 0 heterocycles. The molecule has 0 atom stereocenters. The zero-order valence-electron chi connectivity index (χ0n) is 5.88. The Morgan fingerprint density at radius 1 is 0.500 bits per heavy atom. The topological polar surface area (TPSA) is 190 Å². The van der Waals surface area contributed by atoms with Gasteiger partial charge in [-0.1, -0.05) is 0 Å². The van der Waals surface area contributed by atoms with Gasteiger partial charge in [-0.3, -0.25) is 0 Å². The molecule has 2 radical (unpaired) electrons. The molecule has 9 nitrogen and oxygen atoms in total. The van der Waals surface area contributed by atoms with E-state index in [1.807, 2.05) is 0 Å². The van der Waals surface area contributed by atoms with Crippen LogP contribution in [-0.4, -0.2) is 18.5 Å². The number of hydrogen-bond acceptors (Lipinski definition) is 9. The average Bonchev–Trinajstić information content (AvgIpc) is 1.54. The van der Waals surface area contributed by atoms with E-state index in [0.29, 0.717) is 0 Å². The van der Waals surface area contributed by atoms with Crippen LogP contribution in [-0.2, 0) is 0 Å². The van der Waals surface area contributed by atoms with Crippen LogP contribution in [0.15, 0.2) is 0 Å². The minimum Gasteiger partial charge on any atom is -0.652 e. The zero-order chi connectivity index (χ0) is 10.7. The van der Waals surface area contributed by atoms with E-state index < -0.39 is 18.5 Å². The van der Waals surface area contributed by atoms with Crippen molar-refractivity contribution in [2.24, 2.45) is 0 Å². The van der Waals surface area contributed by atoms with Gasteiger partial charge in [0.2, 0.25) is 0 Å². The average molecular weight is 495 g/mol. The molecule has 0 aromatic heterocycles. The van der Waals surface area contributed by atoms with E-state index >= 15 is 0 Å². The maximum absolute atomic E-state index is 8.33. The molecule has 0 aliphatic heterocycles.